The van der Waals surface area contributed by atoms with Gasteiger partial charge in [-0.05, 0) is 46.3 Å². The highest BCUT2D eigenvalue weighted by molar-refractivity contribution is 5.85. The molecule has 0 aromatic rings. The summed E-state index contributed by atoms with van der Waals surface area (Å²) in [4.78, 5) is 14.3. The zero-order valence-electron chi connectivity index (χ0n) is 11.5. The lowest BCUT2D eigenvalue weighted by Gasteiger charge is -2.28. The lowest BCUT2D eigenvalue weighted by Crippen LogP contribution is -2.53. The van der Waals surface area contributed by atoms with Crippen molar-refractivity contribution in [3.63, 3.8) is 0 Å². The molecular weight excluding hydrogens is 214 g/mol. The summed E-state index contributed by atoms with van der Waals surface area (Å²) in [6.07, 6.45) is 3.96. The molecule has 0 atom stereocenters. The summed E-state index contributed by atoms with van der Waals surface area (Å²) >= 11 is 0. The molecule has 1 heterocycles. The number of nitrogens with zero attached hydrogens (tertiary/aromatic N) is 1. The van der Waals surface area contributed by atoms with E-state index in [-0.39, 0.29) is 5.91 Å². The summed E-state index contributed by atoms with van der Waals surface area (Å²) in [5, 5.41) is 6.20. The van der Waals surface area contributed by atoms with Gasteiger partial charge in [0.15, 0.2) is 0 Å². The minimum atomic E-state index is -0.462. The van der Waals surface area contributed by atoms with Crippen LogP contribution >= 0.6 is 0 Å². The number of nitrogens with one attached hydrogen (secondary N) is 2. The first-order valence-corrected chi connectivity index (χ1v) is 6.82. The molecule has 0 spiro atoms. The normalized spacial score (nSPS) is 18.1. The predicted molar refractivity (Wildman–Crippen MR) is 71.1 cm³/mol. The summed E-state index contributed by atoms with van der Waals surface area (Å²) in [5.41, 5.74) is -0.462. The highest BCUT2D eigenvalue weighted by atomic mass is 16.2. The van der Waals surface area contributed by atoms with Crippen LogP contribution in [0.4, 0.5) is 0 Å². The largest absolute Gasteiger partial charge is 0.353 e. The highest BCUT2D eigenvalue weighted by Gasteiger charge is 2.25. The van der Waals surface area contributed by atoms with Gasteiger partial charge in [-0.2, -0.15) is 0 Å². The highest BCUT2D eigenvalue weighted by Crippen LogP contribution is 2.07. The number of hydrogen-bond acceptors (Lipinski definition) is 3. The first-order chi connectivity index (χ1) is 8.06. The summed E-state index contributed by atoms with van der Waals surface area (Å²) in [7, 11) is 0. The lowest BCUT2D eigenvalue weighted by molar-refractivity contribution is -0.126. The Morgan fingerprint density at radius 1 is 1.24 bits per heavy atom. The van der Waals surface area contributed by atoms with Gasteiger partial charge in [0.05, 0.1) is 5.54 Å². The van der Waals surface area contributed by atoms with Crippen molar-refractivity contribution in [2.45, 2.75) is 45.6 Å². The van der Waals surface area contributed by atoms with E-state index in [2.05, 4.69) is 15.5 Å². The third kappa shape index (κ3) is 5.04. The Morgan fingerprint density at radius 3 is 2.47 bits per heavy atom. The van der Waals surface area contributed by atoms with Crippen LogP contribution in [0.5, 0.6) is 0 Å². The Balaban J connectivity index is 2.18. The average Bonchev–Trinajstić information content (AvgIpc) is 2.30. The number of carbonyl (C=O) groups is 1. The number of likely N-dealkylation sites (tertiary alicyclic amines) is 1. The Labute approximate surface area is 105 Å². The maximum absolute atomic E-state index is 11.9. The number of likely N-dealkylation sites (N-methyl/N-ethyl adjacent to an activating group) is 1. The number of piperidine rings is 1. The standard InChI is InChI=1S/C13H27N3O/c1-4-15-13(2,3)12(17)14-8-11-16-9-6-5-7-10-16/h15H,4-11H2,1-3H3,(H,14,17). The van der Waals surface area contributed by atoms with Crippen molar-refractivity contribution in [1.82, 2.24) is 15.5 Å². The van der Waals surface area contributed by atoms with Gasteiger partial charge in [0, 0.05) is 13.1 Å². The van der Waals surface area contributed by atoms with Crippen LogP contribution in [-0.4, -0.2) is 49.1 Å². The summed E-state index contributed by atoms with van der Waals surface area (Å²) in [6, 6.07) is 0. The third-order valence-electron chi connectivity index (χ3n) is 3.35. The Bertz CT molecular complexity index is 235. The van der Waals surface area contributed by atoms with E-state index >= 15 is 0 Å². The molecule has 0 aromatic carbocycles. The van der Waals surface area contributed by atoms with Crippen LogP contribution in [0.2, 0.25) is 0 Å². The second-order valence-electron chi connectivity index (χ2n) is 5.31. The summed E-state index contributed by atoms with van der Waals surface area (Å²) in [6.45, 7) is 10.8. The topological polar surface area (TPSA) is 44.4 Å². The van der Waals surface area contributed by atoms with Crippen molar-refractivity contribution < 1.29 is 4.79 Å². The molecule has 0 aromatic heterocycles. The molecule has 0 unspecified atom stereocenters. The fraction of sp³-hybridized carbons (Fsp3) is 0.923. The smallest absolute Gasteiger partial charge is 0.239 e. The summed E-state index contributed by atoms with van der Waals surface area (Å²) in [5.74, 6) is 0.0939. The van der Waals surface area contributed by atoms with Crippen molar-refractivity contribution in [3.8, 4) is 0 Å². The number of hydrogen-bond donors (Lipinski definition) is 2. The van der Waals surface area contributed by atoms with Crippen molar-refractivity contribution in [2.75, 3.05) is 32.7 Å². The van der Waals surface area contributed by atoms with E-state index in [1.165, 1.54) is 32.4 Å². The molecule has 100 valence electrons. The van der Waals surface area contributed by atoms with Crippen molar-refractivity contribution >= 4 is 5.91 Å². The van der Waals surface area contributed by atoms with Crippen LogP contribution in [0, 0.1) is 0 Å². The predicted octanol–water partition coefficient (Wildman–Crippen LogP) is 0.977. The van der Waals surface area contributed by atoms with Gasteiger partial charge in [-0.3, -0.25) is 4.79 Å². The minimum Gasteiger partial charge on any atom is -0.353 e. The minimum absolute atomic E-state index is 0.0939. The number of amides is 1. The maximum atomic E-state index is 11.9. The van der Waals surface area contributed by atoms with Gasteiger partial charge in [-0.15, -0.1) is 0 Å². The molecule has 2 N–H and O–H groups in total. The Kier molecular flexibility index (Phi) is 5.92. The van der Waals surface area contributed by atoms with Gasteiger partial charge in [0.25, 0.3) is 0 Å². The van der Waals surface area contributed by atoms with Gasteiger partial charge < -0.3 is 15.5 Å². The molecule has 4 nitrogen and oxygen atoms in total. The van der Waals surface area contributed by atoms with Crippen molar-refractivity contribution in [2.24, 2.45) is 0 Å². The zero-order chi connectivity index (χ0) is 12.7. The summed E-state index contributed by atoms with van der Waals surface area (Å²) < 4.78 is 0. The Morgan fingerprint density at radius 2 is 1.88 bits per heavy atom. The first kappa shape index (κ1) is 14.5. The molecule has 0 saturated carbocycles. The van der Waals surface area contributed by atoms with E-state index < -0.39 is 5.54 Å². The van der Waals surface area contributed by atoms with E-state index in [1.54, 1.807) is 0 Å². The maximum Gasteiger partial charge on any atom is 0.239 e. The van der Waals surface area contributed by atoms with Gasteiger partial charge in [-0.25, -0.2) is 0 Å². The van der Waals surface area contributed by atoms with E-state index in [4.69, 9.17) is 0 Å². The lowest BCUT2D eigenvalue weighted by atomic mass is 10.0. The zero-order valence-corrected chi connectivity index (χ0v) is 11.5. The van der Waals surface area contributed by atoms with E-state index in [0.717, 1.165) is 19.6 Å². The quantitative estimate of drug-likeness (QED) is 0.728. The first-order valence-electron chi connectivity index (χ1n) is 6.82. The van der Waals surface area contributed by atoms with Gasteiger partial charge >= 0.3 is 0 Å². The van der Waals surface area contributed by atoms with Crippen LogP contribution < -0.4 is 10.6 Å². The van der Waals surface area contributed by atoms with Crippen molar-refractivity contribution in [3.05, 3.63) is 0 Å². The van der Waals surface area contributed by atoms with E-state index in [1.807, 2.05) is 20.8 Å². The fourth-order valence-corrected chi connectivity index (χ4v) is 2.25. The molecule has 1 amide bonds. The molecule has 0 radical (unpaired) electrons. The van der Waals surface area contributed by atoms with E-state index in [0.29, 0.717) is 0 Å². The SMILES string of the molecule is CCNC(C)(C)C(=O)NCCN1CCCCC1. The average molecular weight is 241 g/mol. The van der Waals surface area contributed by atoms with Crippen molar-refractivity contribution in [1.29, 1.82) is 0 Å². The van der Waals surface area contributed by atoms with Crippen LogP contribution in [0.15, 0.2) is 0 Å². The molecule has 1 fully saturated rings. The fourth-order valence-electron chi connectivity index (χ4n) is 2.25. The van der Waals surface area contributed by atoms with E-state index in [9.17, 15) is 4.79 Å². The van der Waals surface area contributed by atoms with Crippen LogP contribution in [0.1, 0.15) is 40.0 Å². The molecule has 17 heavy (non-hydrogen) atoms. The second-order valence-corrected chi connectivity index (χ2v) is 5.31. The molecule has 0 bridgehead atoms. The molecule has 0 aliphatic carbocycles. The Hall–Kier alpha value is -0.610. The van der Waals surface area contributed by atoms with Crippen LogP contribution in [0.3, 0.4) is 0 Å². The third-order valence-corrected chi connectivity index (χ3v) is 3.35. The molecule has 1 saturated heterocycles. The molecule has 1 aliphatic heterocycles. The monoisotopic (exact) mass is 241 g/mol. The van der Waals surface area contributed by atoms with Gasteiger partial charge in [0.1, 0.15) is 0 Å². The molecule has 1 aliphatic rings. The van der Waals surface area contributed by atoms with Crippen LogP contribution in [0.25, 0.3) is 0 Å². The van der Waals surface area contributed by atoms with Crippen LogP contribution in [-0.2, 0) is 4.79 Å². The number of rotatable bonds is 6. The number of carbonyl (C=O) groups excluding carboxylic acids is 1. The molecule has 4 heteroatoms. The van der Waals surface area contributed by atoms with Gasteiger partial charge in [0.2, 0.25) is 5.91 Å². The van der Waals surface area contributed by atoms with Gasteiger partial charge in [-0.1, -0.05) is 13.3 Å². The molecule has 1 rings (SSSR count). The molecular formula is C13H27N3O. The second kappa shape index (κ2) is 6.97.